The molecule has 4 rings (SSSR count). The number of pyridine rings is 1. The third-order valence-electron chi connectivity index (χ3n) is 5.93. The average Bonchev–Trinajstić information content (AvgIpc) is 3.51. The first kappa shape index (κ1) is 19.5. The fourth-order valence-electron chi connectivity index (χ4n) is 4.17. The van der Waals surface area contributed by atoms with Crippen LogP contribution in [0.1, 0.15) is 42.6 Å². The molecule has 4 N–H and O–H groups in total. The van der Waals surface area contributed by atoms with Gasteiger partial charge in [0.1, 0.15) is 11.3 Å². The van der Waals surface area contributed by atoms with E-state index in [1.807, 2.05) is 6.92 Å². The number of rotatable bonds is 4. The number of nitrogens with zero attached hydrogens (tertiary/aromatic N) is 2. The molecule has 0 radical (unpaired) electrons. The minimum atomic E-state index is -1.38. The van der Waals surface area contributed by atoms with Crippen molar-refractivity contribution in [2.45, 2.75) is 38.3 Å². The van der Waals surface area contributed by atoms with Gasteiger partial charge in [-0.15, -0.1) is 0 Å². The van der Waals surface area contributed by atoms with Crippen LogP contribution in [-0.2, 0) is 0 Å². The molecule has 2 aromatic rings. The number of hydrogen-bond donors (Lipinski definition) is 3. The van der Waals surface area contributed by atoms with Crippen molar-refractivity contribution in [3.05, 3.63) is 27.8 Å². The fraction of sp³-hybridized carbons (Fsp3) is 0.500. The molecule has 1 aromatic carbocycles. The summed E-state index contributed by atoms with van der Waals surface area (Å²) >= 11 is 0. The number of halogens is 1. The molecule has 8 nitrogen and oxygen atoms in total. The van der Waals surface area contributed by atoms with Gasteiger partial charge in [0.2, 0.25) is 5.43 Å². The number of nitrogen functional groups attached to an aromatic ring is 1. The van der Waals surface area contributed by atoms with Crippen LogP contribution in [-0.4, -0.2) is 47.1 Å². The summed E-state index contributed by atoms with van der Waals surface area (Å²) in [6, 6.07) is 0.00455. The Kier molecular flexibility index (Phi) is 4.65. The highest BCUT2D eigenvalue weighted by Crippen LogP contribution is 2.46. The van der Waals surface area contributed by atoms with Gasteiger partial charge in [-0.1, -0.05) is 6.92 Å². The number of carboxylic acids is 1. The maximum Gasteiger partial charge on any atom is 0.341 e. The lowest BCUT2D eigenvalue weighted by Gasteiger charge is -2.37. The molecular formula is C20H24FN3O5. The van der Waals surface area contributed by atoms with E-state index in [1.165, 1.54) is 13.3 Å². The van der Waals surface area contributed by atoms with E-state index in [2.05, 4.69) is 0 Å². The number of aromatic nitrogens is 1. The molecule has 1 aliphatic heterocycles. The Labute approximate surface area is 166 Å². The molecule has 1 aromatic heterocycles. The highest BCUT2D eigenvalue weighted by atomic mass is 19.1. The van der Waals surface area contributed by atoms with Crippen LogP contribution in [0.15, 0.2) is 11.0 Å². The third kappa shape index (κ3) is 3.00. The molecule has 2 heterocycles. The lowest BCUT2D eigenvalue weighted by atomic mass is 9.95. The van der Waals surface area contributed by atoms with Crippen LogP contribution in [0.25, 0.3) is 10.9 Å². The Morgan fingerprint density at radius 2 is 2.03 bits per heavy atom. The Bertz CT molecular complexity index is 1060. The number of benzene rings is 1. The topological polar surface area (TPSA) is 118 Å². The first-order chi connectivity index (χ1) is 13.8. The van der Waals surface area contributed by atoms with E-state index in [9.17, 15) is 19.8 Å². The van der Waals surface area contributed by atoms with E-state index < -0.39 is 28.9 Å². The number of piperidine rings is 1. The maximum atomic E-state index is 15.4. The van der Waals surface area contributed by atoms with E-state index in [0.29, 0.717) is 25.0 Å². The van der Waals surface area contributed by atoms with Crippen LogP contribution < -0.4 is 20.8 Å². The molecule has 156 valence electrons. The second kappa shape index (κ2) is 6.91. The number of aromatic carboxylic acids is 1. The van der Waals surface area contributed by atoms with Gasteiger partial charge >= 0.3 is 5.97 Å². The Balaban J connectivity index is 2.06. The second-order valence-corrected chi connectivity index (χ2v) is 7.93. The van der Waals surface area contributed by atoms with Crippen molar-refractivity contribution in [2.75, 3.05) is 30.8 Å². The summed E-state index contributed by atoms with van der Waals surface area (Å²) in [5.41, 5.74) is 4.87. The number of aliphatic hydroxyl groups excluding tert-OH is 1. The molecule has 0 bridgehead atoms. The van der Waals surface area contributed by atoms with Gasteiger partial charge in [-0.25, -0.2) is 9.18 Å². The normalized spacial score (nSPS) is 22.1. The lowest BCUT2D eigenvalue weighted by Crippen LogP contribution is -2.42. The quantitative estimate of drug-likeness (QED) is 0.666. The number of ether oxygens (including phenoxy) is 1. The highest BCUT2D eigenvalue weighted by molar-refractivity contribution is 6.03. The van der Waals surface area contributed by atoms with Gasteiger partial charge in [-0.2, -0.15) is 0 Å². The number of hydrogen-bond acceptors (Lipinski definition) is 6. The predicted octanol–water partition coefficient (Wildman–Crippen LogP) is 1.97. The van der Waals surface area contributed by atoms with Gasteiger partial charge in [0.05, 0.1) is 29.8 Å². The molecule has 2 atom stereocenters. The molecule has 2 fully saturated rings. The smallest absolute Gasteiger partial charge is 0.341 e. The number of carboxylic acid groups (broad SMARTS) is 1. The van der Waals surface area contributed by atoms with Crippen molar-refractivity contribution in [1.82, 2.24) is 4.57 Å². The molecule has 29 heavy (non-hydrogen) atoms. The van der Waals surface area contributed by atoms with Gasteiger partial charge in [0.25, 0.3) is 0 Å². The average molecular weight is 405 g/mol. The number of methoxy groups -OCH3 is 1. The Morgan fingerprint density at radius 1 is 1.34 bits per heavy atom. The number of carbonyl (C=O) groups is 1. The predicted molar refractivity (Wildman–Crippen MR) is 106 cm³/mol. The zero-order valence-electron chi connectivity index (χ0n) is 16.3. The van der Waals surface area contributed by atoms with E-state index in [-0.39, 0.29) is 34.5 Å². The van der Waals surface area contributed by atoms with Crippen LogP contribution in [0, 0.1) is 11.7 Å². The first-order valence-electron chi connectivity index (χ1n) is 9.66. The van der Waals surface area contributed by atoms with Crippen LogP contribution in [0.4, 0.5) is 15.8 Å². The maximum absolute atomic E-state index is 15.4. The van der Waals surface area contributed by atoms with E-state index in [1.54, 1.807) is 9.47 Å². The monoisotopic (exact) mass is 405 g/mol. The van der Waals surface area contributed by atoms with Gasteiger partial charge in [-0.05, 0) is 25.2 Å². The van der Waals surface area contributed by atoms with E-state index in [4.69, 9.17) is 10.5 Å². The van der Waals surface area contributed by atoms with Crippen LogP contribution in [0.5, 0.6) is 5.75 Å². The minimum Gasteiger partial charge on any atom is -0.492 e. The molecule has 0 unspecified atom stereocenters. The van der Waals surface area contributed by atoms with Gasteiger partial charge in [0.15, 0.2) is 11.6 Å². The van der Waals surface area contributed by atoms with Crippen LogP contribution in [0.3, 0.4) is 0 Å². The van der Waals surface area contributed by atoms with Crippen LogP contribution >= 0.6 is 0 Å². The van der Waals surface area contributed by atoms with Crippen LogP contribution in [0.2, 0.25) is 0 Å². The molecule has 0 amide bonds. The third-order valence-corrected chi connectivity index (χ3v) is 5.93. The van der Waals surface area contributed by atoms with Crippen molar-refractivity contribution in [2.24, 2.45) is 5.92 Å². The summed E-state index contributed by atoms with van der Waals surface area (Å²) in [4.78, 5) is 26.2. The Hall–Kier alpha value is -2.81. The lowest BCUT2D eigenvalue weighted by molar-refractivity contribution is 0.0694. The Morgan fingerprint density at radius 3 is 2.59 bits per heavy atom. The number of fused-ring (bicyclic) bond motifs is 1. The van der Waals surface area contributed by atoms with Crippen molar-refractivity contribution < 1.29 is 24.1 Å². The van der Waals surface area contributed by atoms with Crippen molar-refractivity contribution in [3.63, 3.8) is 0 Å². The van der Waals surface area contributed by atoms with Gasteiger partial charge in [-0.3, -0.25) is 4.79 Å². The highest BCUT2D eigenvalue weighted by Gasteiger charge is 2.35. The zero-order chi connectivity index (χ0) is 21.0. The standard InChI is InChI=1S/C20H24FN3O5/c1-9-7-23(6-5-12(9)25)17-14(21)15(22)13-16(19(17)29-2)24(10-3-4-10)8-11(18(13)26)20(27)28/h8-10,12,25H,3-7,22H2,1-2H3,(H,27,28)/t9-,12-/m1/s1. The van der Waals surface area contributed by atoms with E-state index >= 15 is 4.39 Å². The zero-order valence-corrected chi connectivity index (χ0v) is 16.3. The summed E-state index contributed by atoms with van der Waals surface area (Å²) < 4.78 is 22.7. The van der Waals surface area contributed by atoms with Crippen molar-refractivity contribution >= 4 is 28.2 Å². The summed E-state index contributed by atoms with van der Waals surface area (Å²) in [5, 5.41) is 19.3. The summed E-state index contributed by atoms with van der Waals surface area (Å²) in [5.74, 6) is -2.10. The van der Waals surface area contributed by atoms with E-state index in [0.717, 1.165) is 12.8 Å². The minimum absolute atomic E-state index is 0.00455. The molecule has 2 aliphatic rings. The summed E-state index contributed by atoms with van der Waals surface area (Å²) in [6.45, 7) is 2.69. The summed E-state index contributed by atoms with van der Waals surface area (Å²) in [7, 11) is 1.39. The van der Waals surface area contributed by atoms with Crippen molar-refractivity contribution in [3.8, 4) is 5.75 Å². The molecule has 1 saturated heterocycles. The molecule has 9 heteroatoms. The first-order valence-corrected chi connectivity index (χ1v) is 9.66. The summed E-state index contributed by atoms with van der Waals surface area (Å²) in [6.07, 6.45) is 2.94. The van der Waals surface area contributed by atoms with Gasteiger partial charge < -0.3 is 30.2 Å². The number of aliphatic hydroxyl groups is 1. The number of nitrogens with two attached hydrogens (primary N) is 1. The molecular weight excluding hydrogens is 381 g/mol. The molecule has 1 aliphatic carbocycles. The second-order valence-electron chi connectivity index (χ2n) is 7.93. The largest absolute Gasteiger partial charge is 0.492 e. The number of anilines is 2. The fourth-order valence-corrected chi connectivity index (χ4v) is 4.17. The molecule has 0 spiro atoms. The van der Waals surface area contributed by atoms with Gasteiger partial charge in [0, 0.05) is 25.3 Å². The SMILES string of the molecule is COc1c(N2CC[C@@H](O)[C@H](C)C2)c(F)c(N)c2c(=O)c(C(=O)O)cn(C3CC3)c12. The molecule has 1 saturated carbocycles. The van der Waals surface area contributed by atoms with Crippen molar-refractivity contribution in [1.29, 1.82) is 0 Å².